The van der Waals surface area contributed by atoms with Crippen LogP contribution < -0.4 is 14.7 Å². The van der Waals surface area contributed by atoms with Crippen LogP contribution in [0.5, 0.6) is 0 Å². The summed E-state index contributed by atoms with van der Waals surface area (Å²) < 4.78 is 0. The second-order valence-corrected chi connectivity index (χ2v) is 38.3. The molecule has 2 aromatic heterocycles. The maximum absolute atomic E-state index is 5.03. The molecule has 0 fully saturated rings. The summed E-state index contributed by atoms with van der Waals surface area (Å²) >= 11 is 0. The van der Waals surface area contributed by atoms with Crippen LogP contribution in [0.25, 0.3) is 167 Å². The number of aromatic nitrogens is 2. The third kappa shape index (κ3) is 20.4. The van der Waals surface area contributed by atoms with Gasteiger partial charge in [-0.05, 0) is 277 Å². The molecule has 712 valence electrons. The lowest BCUT2D eigenvalue weighted by molar-refractivity contribution is 0.660. The van der Waals surface area contributed by atoms with Crippen LogP contribution in [0, 0.1) is 0 Å². The number of fused-ring (bicyclic) bond motifs is 3. The fourth-order valence-electron chi connectivity index (χ4n) is 20.9. The molecule has 1 aliphatic carbocycles. The van der Waals surface area contributed by atoms with Crippen LogP contribution in [0.15, 0.2) is 613 Å². The molecular weight excluding hydrogens is 1810 g/mol. The fraction of sp³-hybridized carbons (Fsp3) is 0.0207. The Balaban J connectivity index is 0.000000127. The summed E-state index contributed by atoms with van der Waals surface area (Å²) in [5.41, 5.74) is 47.1. The average Bonchev–Trinajstić information content (AvgIpc) is 1.57. The van der Waals surface area contributed by atoms with Crippen LogP contribution in [0.3, 0.4) is 0 Å². The minimum absolute atomic E-state index is 0.0589. The molecule has 0 radical (unpaired) electrons. The number of anilines is 9. The molecule has 0 saturated carbocycles. The first kappa shape index (κ1) is 94.1. The summed E-state index contributed by atoms with van der Waals surface area (Å²) in [6.45, 7) is 4.71. The van der Waals surface area contributed by atoms with Crippen LogP contribution in [0.4, 0.5) is 51.3 Å². The van der Waals surface area contributed by atoms with E-state index in [0.717, 1.165) is 68.1 Å². The van der Waals surface area contributed by atoms with Gasteiger partial charge in [-0.1, -0.05) is 499 Å². The van der Waals surface area contributed by atoms with Gasteiger partial charge in [0.25, 0.3) is 0 Å². The first-order chi connectivity index (χ1) is 74.2. The standard InChI is InChI=1S/C63H47N.2C41H30N2/c1-63(2)61-24-14-13-23-59(61)60-42-35-51(43-62(60)63)58-22-12-11-21-57(58)50-33-40-54(41-34-50)64(52-36-29-47(30-37-52)46-27-25-45(26-28-46)44-15-5-3-6-16-44)53-38-31-49(32-39-53)56-20-10-9-19-55(56)48-17-7-4-8-18-48;1-4-12-31(13-5-1)33-20-25-37(26-21-33)43(38-27-22-34(23-28-38)32-14-6-2-7-15-32)41-29-24-36(30-42-41)40-19-11-10-18-39(40)35-16-8-3-9-17-35;1-4-12-31(13-5-1)33-20-24-36(25-21-33)43(37-26-22-34(23-27-37)32-14-6-2-7-15-32)38-28-29-41(42-30-38)40-19-11-10-18-39(40)35-16-8-3-9-17-35/h3-43H,1-2H3;2*1-30H. The van der Waals surface area contributed by atoms with E-state index in [0.29, 0.717) is 0 Å². The normalized spacial score (nSPS) is 11.5. The number of pyridine rings is 2. The largest absolute Gasteiger partial charge is 0.311 e. The lowest BCUT2D eigenvalue weighted by Crippen LogP contribution is -2.14. The third-order valence-electron chi connectivity index (χ3n) is 28.7. The van der Waals surface area contributed by atoms with Gasteiger partial charge < -0.3 is 9.80 Å². The molecule has 0 unspecified atom stereocenters. The van der Waals surface area contributed by atoms with Gasteiger partial charge in [0.05, 0.1) is 17.6 Å². The van der Waals surface area contributed by atoms with Crippen molar-refractivity contribution >= 4 is 51.3 Å². The minimum atomic E-state index is -0.0589. The maximum Gasteiger partial charge on any atom is 0.137 e. The van der Waals surface area contributed by atoms with Crippen molar-refractivity contribution in [2.45, 2.75) is 19.3 Å². The van der Waals surface area contributed by atoms with Crippen LogP contribution in [-0.2, 0) is 5.41 Å². The third-order valence-corrected chi connectivity index (χ3v) is 28.7. The van der Waals surface area contributed by atoms with E-state index in [-0.39, 0.29) is 5.41 Å². The van der Waals surface area contributed by atoms with Crippen molar-refractivity contribution in [2.75, 3.05) is 14.7 Å². The second kappa shape index (κ2) is 43.6. The summed E-state index contributed by atoms with van der Waals surface area (Å²) in [4.78, 5) is 16.9. The molecule has 24 aromatic rings. The van der Waals surface area contributed by atoms with Gasteiger partial charge >= 0.3 is 0 Å². The van der Waals surface area contributed by atoms with E-state index in [1.165, 1.54) is 161 Å². The highest BCUT2D eigenvalue weighted by atomic mass is 15.2. The molecular formula is C145H107N5. The molecule has 0 bridgehead atoms. The smallest absolute Gasteiger partial charge is 0.137 e. The highest BCUT2D eigenvalue weighted by Gasteiger charge is 2.36. The Morgan fingerprint density at radius 1 is 0.133 bits per heavy atom. The second-order valence-electron chi connectivity index (χ2n) is 38.3. The summed E-state index contributed by atoms with van der Waals surface area (Å²) in [7, 11) is 0. The number of hydrogen-bond acceptors (Lipinski definition) is 5. The Kier molecular flexibility index (Phi) is 27.4. The molecule has 0 atom stereocenters. The van der Waals surface area contributed by atoms with E-state index >= 15 is 0 Å². The number of nitrogens with zero attached hydrogens (tertiary/aromatic N) is 5. The van der Waals surface area contributed by atoms with Crippen molar-refractivity contribution < 1.29 is 0 Å². The molecule has 150 heavy (non-hydrogen) atoms. The number of rotatable bonds is 23. The summed E-state index contributed by atoms with van der Waals surface area (Å²) in [6, 6.07) is 214. The van der Waals surface area contributed by atoms with Gasteiger partial charge in [-0.15, -0.1) is 0 Å². The van der Waals surface area contributed by atoms with Crippen molar-refractivity contribution in [3.8, 4) is 167 Å². The molecule has 0 aliphatic heterocycles. The van der Waals surface area contributed by atoms with E-state index in [9.17, 15) is 0 Å². The lowest BCUT2D eigenvalue weighted by atomic mass is 9.81. The van der Waals surface area contributed by atoms with E-state index in [1.54, 1.807) is 0 Å². The van der Waals surface area contributed by atoms with E-state index in [4.69, 9.17) is 9.97 Å². The fourth-order valence-corrected chi connectivity index (χ4v) is 20.9. The Hall–Kier alpha value is -19.5. The van der Waals surface area contributed by atoms with E-state index in [1.807, 2.05) is 42.7 Å². The molecule has 0 N–H and O–H groups in total. The van der Waals surface area contributed by atoms with Gasteiger partial charge in [-0.3, -0.25) is 9.88 Å². The van der Waals surface area contributed by atoms with Crippen LogP contribution in [-0.4, -0.2) is 9.97 Å². The van der Waals surface area contributed by atoms with Crippen LogP contribution >= 0.6 is 0 Å². The van der Waals surface area contributed by atoms with Gasteiger partial charge in [-0.25, -0.2) is 4.98 Å². The molecule has 0 saturated heterocycles. The highest BCUT2D eigenvalue weighted by molar-refractivity contribution is 5.93. The maximum atomic E-state index is 5.03. The highest BCUT2D eigenvalue weighted by Crippen LogP contribution is 2.52. The van der Waals surface area contributed by atoms with Crippen molar-refractivity contribution in [1.29, 1.82) is 0 Å². The first-order valence-corrected chi connectivity index (χ1v) is 51.4. The molecule has 22 aromatic carbocycles. The quantitative estimate of drug-likeness (QED) is 0.0638. The van der Waals surface area contributed by atoms with Gasteiger partial charge in [0.15, 0.2) is 0 Å². The molecule has 5 heteroatoms. The molecule has 5 nitrogen and oxygen atoms in total. The van der Waals surface area contributed by atoms with Crippen molar-refractivity contribution in [3.05, 3.63) is 624 Å². The zero-order chi connectivity index (χ0) is 101. The van der Waals surface area contributed by atoms with Gasteiger partial charge in [-0.2, -0.15) is 0 Å². The Morgan fingerprint density at radius 2 is 0.340 bits per heavy atom. The number of benzene rings is 22. The zero-order valence-electron chi connectivity index (χ0n) is 83.5. The van der Waals surface area contributed by atoms with Crippen molar-refractivity contribution in [3.63, 3.8) is 0 Å². The summed E-state index contributed by atoms with van der Waals surface area (Å²) in [5, 5.41) is 0. The monoisotopic (exact) mass is 1920 g/mol. The summed E-state index contributed by atoms with van der Waals surface area (Å²) in [5.74, 6) is 0.862. The van der Waals surface area contributed by atoms with E-state index in [2.05, 4.69) is 599 Å². The molecule has 2 heterocycles. The predicted molar refractivity (Wildman–Crippen MR) is 633 cm³/mol. The molecule has 25 rings (SSSR count). The molecule has 1 aliphatic rings. The predicted octanol–water partition coefficient (Wildman–Crippen LogP) is 39.9. The Morgan fingerprint density at radius 3 is 0.640 bits per heavy atom. The Bertz CT molecular complexity index is 8210. The number of hydrogen-bond donors (Lipinski definition) is 0. The van der Waals surface area contributed by atoms with Gasteiger partial charge in [0.2, 0.25) is 0 Å². The minimum Gasteiger partial charge on any atom is -0.311 e. The van der Waals surface area contributed by atoms with E-state index < -0.39 is 0 Å². The van der Waals surface area contributed by atoms with Crippen LogP contribution in [0.2, 0.25) is 0 Å². The van der Waals surface area contributed by atoms with Gasteiger partial charge in [0, 0.05) is 62.6 Å². The molecule has 0 spiro atoms. The Labute approximate surface area is 880 Å². The SMILES string of the molecule is CC1(C)c2ccccc2-c2ccc(-c3ccccc3-c3ccc(N(c4ccc(-c5ccc(-c6ccccc6)cc5)cc4)c4ccc(-c5ccccc5-c5ccccc5)cc4)cc3)cc21.c1ccc(-c2ccc(N(c3ccc(-c4ccccc4)cc3)c3ccc(-c4ccccc4-c4ccccc4)cn3)cc2)cc1.c1ccc(-c2ccc(N(c3ccc(-c4ccccc4)cc3)c3ccc(-c4ccccc4-c4ccccc4)nc3)cc2)cc1. The van der Waals surface area contributed by atoms with Gasteiger partial charge in [0.1, 0.15) is 5.82 Å². The van der Waals surface area contributed by atoms with Crippen molar-refractivity contribution in [1.82, 2.24) is 9.97 Å². The first-order valence-electron chi connectivity index (χ1n) is 51.4. The average molecular weight is 1920 g/mol. The lowest BCUT2D eigenvalue weighted by Gasteiger charge is -2.26. The van der Waals surface area contributed by atoms with Crippen LogP contribution in [0.1, 0.15) is 25.0 Å². The zero-order valence-corrected chi connectivity index (χ0v) is 83.5. The van der Waals surface area contributed by atoms with Crippen molar-refractivity contribution in [2.24, 2.45) is 0 Å². The molecule has 0 amide bonds. The summed E-state index contributed by atoms with van der Waals surface area (Å²) in [6.07, 6.45) is 3.97. The topological polar surface area (TPSA) is 35.5 Å².